The summed E-state index contributed by atoms with van der Waals surface area (Å²) < 4.78 is 19.6. The Hall–Kier alpha value is -2.93. The third kappa shape index (κ3) is 2.35. The number of hydrogen-bond acceptors (Lipinski definition) is 4. The number of nitrogen functional groups attached to an aromatic ring is 1. The standard InChI is InChI=1S/C20H16FN3O2S/c1-9-6-10(22)2-5-12(9)13-8-16-14(7-15(13)21)18(25)17-19(26)23-27-20(17)24(16)11-3-4-11/h2,5-8,11H,3-4,22H2,1H3,(H,23,26). The Morgan fingerprint density at radius 2 is 1.96 bits per heavy atom. The first-order chi connectivity index (χ1) is 13.0. The SMILES string of the molecule is Cc1cc(N)ccc1-c1cc2c(cc1F)c(=O)c1c(=O)[nH]sc1n2C1CC1. The molecule has 27 heavy (non-hydrogen) atoms. The van der Waals surface area contributed by atoms with Crippen molar-refractivity contribution in [1.82, 2.24) is 8.94 Å². The van der Waals surface area contributed by atoms with E-state index >= 15 is 0 Å². The van der Waals surface area contributed by atoms with E-state index < -0.39 is 16.8 Å². The van der Waals surface area contributed by atoms with Crippen LogP contribution in [0.15, 0.2) is 39.9 Å². The van der Waals surface area contributed by atoms with Gasteiger partial charge in [0.1, 0.15) is 16.0 Å². The van der Waals surface area contributed by atoms with Gasteiger partial charge in [0.25, 0.3) is 5.56 Å². The number of pyridine rings is 1. The zero-order valence-corrected chi connectivity index (χ0v) is 15.3. The molecule has 1 aliphatic rings. The second kappa shape index (κ2) is 5.53. The van der Waals surface area contributed by atoms with Crippen LogP contribution >= 0.6 is 11.5 Å². The molecule has 0 atom stereocenters. The molecule has 0 unspecified atom stereocenters. The molecule has 0 amide bonds. The van der Waals surface area contributed by atoms with Gasteiger partial charge in [0, 0.05) is 22.7 Å². The number of aromatic amines is 1. The van der Waals surface area contributed by atoms with E-state index in [0.29, 0.717) is 21.6 Å². The maximum atomic E-state index is 15.0. The first-order valence-corrected chi connectivity index (χ1v) is 9.53. The highest BCUT2D eigenvalue weighted by Crippen LogP contribution is 2.41. The maximum Gasteiger partial charge on any atom is 0.271 e. The Morgan fingerprint density at radius 1 is 1.19 bits per heavy atom. The summed E-state index contributed by atoms with van der Waals surface area (Å²) in [5.41, 5.74) is 8.30. The molecule has 0 radical (unpaired) electrons. The number of rotatable bonds is 2. The lowest BCUT2D eigenvalue weighted by atomic mass is 9.97. The minimum absolute atomic E-state index is 0.121. The van der Waals surface area contributed by atoms with Crippen molar-refractivity contribution >= 4 is 38.3 Å². The van der Waals surface area contributed by atoms with Crippen molar-refractivity contribution in [3.8, 4) is 11.1 Å². The van der Waals surface area contributed by atoms with Crippen LogP contribution in [-0.2, 0) is 0 Å². The van der Waals surface area contributed by atoms with Crippen molar-refractivity contribution in [2.24, 2.45) is 0 Å². The molecule has 0 aliphatic heterocycles. The van der Waals surface area contributed by atoms with Crippen molar-refractivity contribution in [1.29, 1.82) is 0 Å². The largest absolute Gasteiger partial charge is 0.399 e. The van der Waals surface area contributed by atoms with Gasteiger partial charge in [-0.25, -0.2) is 4.39 Å². The van der Waals surface area contributed by atoms with Gasteiger partial charge in [-0.2, -0.15) is 0 Å². The molecule has 1 aliphatic carbocycles. The van der Waals surface area contributed by atoms with Crippen LogP contribution in [0.5, 0.6) is 0 Å². The average Bonchev–Trinajstić information content (AvgIpc) is 3.38. The van der Waals surface area contributed by atoms with Gasteiger partial charge in [0.05, 0.1) is 5.52 Å². The van der Waals surface area contributed by atoms with Crippen LogP contribution < -0.4 is 16.7 Å². The summed E-state index contributed by atoms with van der Waals surface area (Å²) in [7, 11) is 0. The van der Waals surface area contributed by atoms with E-state index in [2.05, 4.69) is 4.37 Å². The van der Waals surface area contributed by atoms with Gasteiger partial charge in [0.15, 0.2) is 0 Å². The molecule has 4 aromatic rings. The fourth-order valence-electron chi connectivity index (χ4n) is 3.74. The van der Waals surface area contributed by atoms with E-state index in [1.807, 2.05) is 11.5 Å². The molecular formula is C20H16FN3O2S. The number of aromatic nitrogens is 2. The predicted octanol–water partition coefficient (Wildman–Crippen LogP) is 3.94. The molecular weight excluding hydrogens is 365 g/mol. The van der Waals surface area contributed by atoms with Crippen molar-refractivity contribution in [2.45, 2.75) is 25.8 Å². The Balaban J connectivity index is 1.93. The molecule has 0 bridgehead atoms. The molecule has 1 fully saturated rings. The number of benzene rings is 2. The molecule has 2 heterocycles. The smallest absolute Gasteiger partial charge is 0.271 e. The minimum Gasteiger partial charge on any atom is -0.399 e. The summed E-state index contributed by atoms with van der Waals surface area (Å²) in [6.07, 6.45) is 1.96. The van der Waals surface area contributed by atoms with E-state index in [-0.39, 0.29) is 16.8 Å². The summed E-state index contributed by atoms with van der Waals surface area (Å²) in [6, 6.07) is 8.55. The van der Waals surface area contributed by atoms with E-state index in [4.69, 9.17) is 5.73 Å². The lowest BCUT2D eigenvalue weighted by molar-refractivity contribution is 0.632. The van der Waals surface area contributed by atoms with Crippen LogP contribution in [0.3, 0.4) is 0 Å². The maximum absolute atomic E-state index is 15.0. The Kier molecular flexibility index (Phi) is 3.33. The molecule has 5 nitrogen and oxygen atoms in total. The van der Waals surface area contributed by atoms with Crippen LogP contribution in [0.25, 0.3) is 32.2 Å². The number of hydrogen-bond donors (Lipinski definition) is 2. The van der Waals surface area contributed by atoms with Gasteiger partial charge >= 0.3 is 0 Å². The molecule has 2 aromatic carbocycles. The monoisotopic (exact) mass is 381 g/mol. The fourth-order valence-corrected chi connectivity index (χ4v) is 4.67. The van der Waals surface area contributed by atoms with Gasteiger partial charge in [-0.15, -0.1) is 0 Å². The molecule has 0 saturated heterocycles. The topological polar surface area (TPSA) is 80.9 Å². The van der Waals surface area contributed by atoms with Crippen LogP contribution in [0, 0.1) is 12.7 Å². The number of nitrogens with zero attached hydrogens (tertiary/aromatic N) is 1. The van der Waals surface area contributed by atoms with Crippen LogP contribution in [0.1, 0.15) is 24.4 Å². The Morgan fingerprint density at radius 3 is 2.67 bits per heavy atom. The number of H-pyrrole nitrogens is 1. The normalized spacial score (nSPS) is 14.3. The van der Waals surface area contributed by atoms with Gasteiger partial charge in [-0.05, 0) is 66.7 Å². The third-order valence-corrected chi connectivity index (χ3v) is 6.05. The van der Waals surface area contributed by atoms with Crippen molar-refractivity contribution in [3.63, 3.8) is 0 Å². The minimum atomic E-state index is -0.485. The summed E-state index contributed by atoms with van der Waals surface area (Å²) in [6.45, 7) is 1.88. The van der Waals surface area contributed by atoms with Crippen molar-refractivity contribution < 1.29 is 4.39 Å². The average molecular weight is 381 g/mol. The molecule has 136 valence electrons. The Labute approximate surface area is 157 Å². The predicted molar refractivity (Wildman–Crippen MR) is 107 cm³/mol. The highest BCUT2D eigenvalue weighted by atomic mass is 32.1. The summed E-state index contributed by atoms with van der Waals surface area (Å²) in [5, 5.41) is 0.364. The van der Waals surface area contributed by atoms with Crippen LogP contribution in [0.4, 0.5) is 10.1 Å². The van der Waals surface area contributed by atoms with Crippen LogP contribution in [0.2, 0.25) is 0 Å². The number of anilines is 1. The van der Waals surface area contributed by atoms with E-state index in [0.717, 1.165) is 35.5 Å². The molecule has 7 heteroatoms. The zero-order valence-electron chi connectivity index (χ0n) is 14.5. The van der Waals surface area contributed by atoms with E-state index in [1.54, 1.807) is 24.3 Å². The Bertz CT molecular complexity index is 1360. The second-order valence-electron chi connectivity index (χ2n) is 7.07. The number of nitrogens with two attached hydrogens (primary N) is 1. The van der Waals surface area contributed by atoms with E-state index in [9.17, 15) is 14.0 Å². The lowest BCUT2D eigenvalue weighted by Crippen LogP contribution is -2.15. The molecule has 5 rings (SSSR count). The number of aryl methyl sites for hydroxylation is 1. The van der Waals surface area contributed by atoms with Crippen LogP contribution in [-0.4, -0.2) is 8.94 Å². The quantitative estimate of drug-likeness (QED) is 0.516. The highest BCUT2D eigenvalue weighted by molar-refractivity contribution is 7.12. The fraction of sp³-hybridized carbons (Fsp3) is 0.200. The summed E-state index contributed by atoms with van der Waals surface area (Å²) >= 11 is 1.16. The number of fused-ring (bicyclic) bond motifs is 2. The molecule has 3 N–H and O–H groups in total. The van der Waals surface area contributed by atoms with Crippen molar-refractivity contribution in [3.05, 3.63) is 62.3 Å². The second-order valence-corrected chi connectivity index (χ2v) is 7.86. The summed E-state index contributed by atoms with van der Waals surface area (Å²) in [4.78, 5) is 25.6. The molecule has 1 saturated carbocycles. The van der Waals surface area contributed by atoms with Gasteiger partial charge in [-0.3, -0.25) is 14.0 Å². The number of nitrogens with one attached hydrogen (secondary N) is 1. The summed E-state index contributed by atoms with van der Waals surface area (Å²) in [5.74, 6) is -0.485. The van der Waals surface area contributed by atoms with E-state index in [1.165, 1.54) is 6.07 Å². The first-order valence-electron chi connectivity index (χ1n) is 8.71. The highest BCUT2D eigenvalue weighted by Gasteiger charge is 2.29. The number of halogens is 1. The lowest BCUT2D eigenvalue weighted by Gasteiger charge is -2.14. The van der Waals surface area contributed by atoms with Gasteiger partial charge < -0.3 is 10.3 Å². The molecule has 0 spiro atoms. The first kappa shape index (κ1) is 16.3. The third-order valence-electron chi connectivity index (χ3n) is 5.17. The van der Waals surface area contributed by atoms with Gasteiger partial charge in [-0.1, -0.05) is 6.07 Å². The molecule has 2 aromatic heterocycles. The van der Waals surface area contributed by atoms with Crippen molar-refractivity contribution in [2.75, 3.05) is 5.73 Å². The van der Waals surface area contributed by atoms with Gasteiger partial charge in [0.2, 0.25) is 5.43 Å². The zero-order chi connectivity index (χ0) is 18.9.